The smallest absolute Gasteiger partial charge is 0.416 e. The molecular formula is C20H31NO6. The van der Waals surface area contributed by atoms with Gasteiger partial charge in [-0.2, -0.15) is 0 Å². The van der Waals surface area contributed by atoms with Crippen LogP contribution >= 0.6 is 0 Å². The molecular weight excluding hydrogens is 350 g/mol. The Hall–Kier alpha value is -1.86. The molecule has 2 N–H and O–H groups in total. The molecule has 1 aliphatic heterocycles. The molecule has 27 heavy (non-hydrogen) atoms. The summed E-state index contributed by atoms with van der Waals surface area (Å²) in [6.45, 7) is 5.84. The van der Waals surface area contributed by atoms with E-state index in [2.05, 4.69) is 0 Å². The minimum atomic E-state index is -1.12. The van der Waals surface area contributed by atoms with Gasteiger partial charge in [0.25, 0.3) is 0 Å². The Bertz CT molecular complexity index is 626. The molecule has 2 rings (SSSR count). The zero-order valence-electron chi connectivity index (χ0n) is 16.4. The molecule has 1 aromatic rings. The van der Waals surface area contributed by atoms with Crippen molar-refractivity contribution < 1.29 is 29.0 Å². The Kier molecular flexibility index (Phi) is 7.86. The van der Waals surface area contributed by atoms with Gasteiger partial charge < -0.3 is 19.4 Å². The fraction of sp³-hybridized carbons (Fsp3) is 0.700. The van der Waals surface area contributed by atoms with Gasteiger partial charge in [-0.25, -0.2) is 9.69 Å². The number of rotatable bonds is 10. The zero-order valence-corrected chi connectivity index (χ0v) is 16.4. The van der Waals surface area contributed by atoms with E-state index < -0.39 is 24.0 Å². The predicted octanol–water partition coefficient (Wildman–Crippen LogP) is 3.05. The van der Waals surface area contributed by atoms with Crippen molar-refractivity contribution in [3.8, 4) is 0 Å². The van der Waals surface area contributed by atoms with Crippen LogP contribution in [0.2, 0.25) is 0 Å². The van der Waals surface area contributed by atoms with E-state index in [1.165, 1.54) is 0 Å². The standard InChI is InChI=1S/C20H31NO6/c1-13(2)16-12-26-20(25)21(16)19(24)14(3)18(23)17-10-9-15(27-17)8-6-4-5-7-11-22/h9-10,13-14,16,18,22-23H,4-8,11-12H2,1-3H3/t14-,16+,18-/m0/s1. The molecule has 2 heterocycles. The maximum absolute atomic E-state index is 12.8. The highest BCUT2D eigenvalue weighted by molar-refractivity contribution is 5.95. The number of aliphatic hydroxyl groups excluding tert-OH is 2. The van der Waals surface area contributed by atoms with E-state index in [0.29, 0.717) is 5.76 Å². The van der Waals surface area contributed by atoms with Crippen LogP contribution in [0.1, 0.15) is 64.1 Å². The van der Waals surface area contributed by atoms with E-state index in [4.69, 9.17) is 14.3 Å². The van der Waals surface area contributed by atoms with Gasteiger partial charge in [-0.15, -0.1) is 0 Å². The number of aryl methyl sites for hydroxylation is 1. The molecule has 0 radical (unpaired) electrons. The molecule has 1 fully saturated rings. The van der Waals surface area contributed by atoms with Crippen LogP contribution in [0.15, 0.2) is 16.5 Å². The van der Waals surface area contributed by atoms with Crippen molar-refractivity contribution in [3.05, 3.63) is 23.7 Å². The molecule has 3 atom stereocenters. The van der Waals surface area contributed by atoms with Crippen molar-refractivity contribution in [3.63, 3.8) is 0 Å². The number of ether oxygens (including phenoxy) is 1. The van der Waals surface area contributed by atoms with Crippen LogP contribution in [-0.4, -0.2) is 46.4 Å². The highest BCUT2D eigenvalue weighted by Crippen LogP contribution is 2.29. The summed E-state index contributed by atoms with van der Waals surface area (Å²) in [7, 11) is 0. The van der Waals surface area contributed by atoms with Gasteiger partial charge in [0.1, 0.15) is 24.2 Å². The average Bonchev–Trinajstić information content (AvgIpc) is 3.26. The van der Waals surface area contributed by atoms with E-state index in [0.717, 1.165) is 42.8 Å². The van der Waals surface area contributed by atoms with E-state index in [9.17, 15) is 14.7 Å². The maximum atomic E-state index is 12.8. The fourth-order valence-corrected chi connectivity index (χ4v) is 3.23. The third-order valence-corrected chi connectivity index (χ3v) is 5.08. The third-order valence-electron chi connectivity index (χ3n) is 5.08. The first-order valence-corrected chi connectivity index (χ1v) is 9.74. The lowest BCUT2D eigenvalue weighted by Crippen LogP contribution is -2.45. The number of unbranched alkanes of at least 4 members (excludes halogenated alkanes) is 3. The Morgan fingerprint density at radius 3 is 2.59 bits per heavy atom. The highest BCUT2D eigenvalue weighted by atomic mass is 16.6. The van der Waals surface area contributed by atoms with Crippen molar-refractivity contribution in [2.24, 2.45) is 11.8 Å². The first-order valence-electron chi connectivity index (χ1n) is 9.74. The molecule has 152 valence electrons. The quantitative estimate of drug-likeness (QED) is 0.604. The van der Waals surface area contributed by atoms with E-state index in [1.54, 1.807) is 13.0 Å². The summed E-state index contributed by atoms with van der Waals surface area (Å²) in [4.78, 5) is 25.8. The number of furan rings is 1. The molecule has 0 saturated carbocycles. The van der Waals surface area contributed by atoms with Crippen molar-refractivity contribution in [1.82, 2.24) is 4.90 Å². The predicted molar refractivity (Wildman–Crippen MR) is 98.9 cm³/mol. The number of carbonyl (C=O) groups is 2. The van der Waals surface area contributed by atoms with Gasteiger partial charge in [-0.1, -0.05) is 33.6 Å². The number of carbonyl (C=O) groups excluding carboxylic acids is 2. The van der Waals surface area contributed by atoms with Crippen LogP contribution in [0.4, 0.5) is 4.79 Å². The summed E-state index contributed by atoms with van der Waals surface area (Å²) < 4.78 is 10.7. The van der Waals surface area contributed by atoms with Crippen molar-refractivity contribution in [1.29, 1.82) is 0 Å². The summed E-state index contributed by atoms with van der Waals surface area (Å²) >= 11 is 0. The second-order valence-electron chi connectivity index (χ2n) is 7.52. The molecule has 0 bridgehead atoms. The lowest BCUT2D eigenvalue weighted by Gasteiger charge is -2.26. The van der Waals surface area contributed by atoms with Crippen LogP contribution in [0.3, 0.4) is 0 Å². The molecule has 0 spiro atoms. The number of aliphatic hydroxyl groups is 2. The Morgan fingerprint density at radius 1 is 1.22 bits per heavy atom. The summed E-state index contributed by atoms with van der Waals surface area (Å²) in [6, 6.07) is 3.17. The maximum Gasteiger partial charge on any atom is 0.416 e. The van der Waals surface area contributed by atoms with Crippen LogP contribution in [0, 0.1) is 11.8 Å². The van der Waals surface area contributed by atoms with Crippen molar-refractivity contribution in [2.75, 3.05) is 13.2 Å². The average molecular weight is 381 g/mol. The zero-order chi connectivity index (χ0) is 20.0. The van der Waals surface area contributed by atoms with E-state index in [-0.39, 0.29) is 25.2 Å². The molecule has 1 aromatic heterocycles. The number of hydrogen-bond acceptors (Lipinski definition) is 6. The lowest BCUT2D eigenvalue weighted by molar-refractivity contribution is -0.137. The van der Waals surface area contributed by atoms with E-state index in [1.807, 2.05) is 19.9 Å². The summed E-state index contributed by atoms with van der Waals surface area (Å²) in [5.74, 6) is -0.111. The molecule has 1 saturated heterocycles. The van der Waals surface area contributed by atoms with Gasteiger partial charge in [-0.3, -0.25) is 4.79 Å². The summed E-state index contributed by atoms with van der Waals surface area (Å²) in [5.41, 5.74) is 0. The first kappa shape index (κ1) is 21.4. The van der Waals surface area contributed by atoms with Crippen LogP contribution in [0.5, 0.6) is 0 Å². The van der Waals surface area contributed by atoms with Gasteiger partial charge in [0, 0.05) is 13.0 Å². The monoisotopic (exact) mass is 381 g/mol. The number of nitrogens with zero attached hydrogens (tertiary/aromatic N) is 1. The molecule has 0 unspecified atom stereocenters. The number of imide groups is 1. The number of cyclic esters (lactones) is 1. The molecule has 0 aliphatic carbocycles. The fourth-order valence-electron chi connectivity index (χ4n) is 3.23. The highest BCUT2D eigenvalue weighted by Gasteiger charge is 2.43. The van der Waals surface area contributed by atoms with Gasteiger partial charge in [0.15, 0.2) is 0 Å². The largest absolute Gasteiger partial charge is 0.463 e. The lowest BCUT2D eigenvalue weighted by atomic mass is 9.98. The van der Waals surface area contributed by atoms with Gasteiger partial charge in [-0.05, 0) is 30.9 Å². The molecule has 0 aromatic carbocycles. The Morgan fingerprint density at radius 2 is 1.93 bits per heavy atom. The number of amides is 2. The van der Waals surface area contributed by atoms with E-state index >= 15 is 0 Å². The second-order valence-corrected chi connectivity index (χ2v) is 7.52. The van der Waals surface area contributed by atoms with Crippen molar-refractivity contribution >= 4 is 12.0 Å². The summed E-state index contributed by atoms with van der Waals surface area (Å²) in [5, 5.41) is 19.3. The first-order chi connectivity index (χ1) is 12.9. The van der Waals surface area contributed by atoms with Crippen molar-refractivity contribution in [2.45, 2.75) is 65.0 Å². The Labute approximate surface area is 160 Å². The molecule has 7 heteroatoms. The summed E-state index contributed by atoms with van der Waals surface area (Å²) in [6.07, 6.45) is 2.69. The molecule has 1 aliphatic rings. The Balaban J connectivity index is 1.95. The van der Waals surface area contributed by atoms with Gasteiger partial charge >= 0.3 is 6.09 Å². The molecule has 2 amide bonds. The van der Waals surface area contributed by atoms with Crippen LogP contribution < -0.4 is 0 Å². The van der Waals surface area contributed by atoms with Gasteiger partial charge in [0.2, 0.25) is 5.91 Å². The molecule has 7 nitrogen and oxygen atoms in total. The second kappa shape index (κ2) is 9.90. The van der Waals surface area contributed by atoms with Crippen LogP contribution in [0.25, 0.3) is 0 Å². The van der Waals surface area contributed by atoms with Crippen LogP contribution in [-0.2, 0) is 16.0 Å². The normalized spacial score (nSPS) is 19.4. The topological polar surface area (TPSA) is 100 Å². The third kappa shape index (κ3) is 5.32. The minimum Gasteiger partial charge on any atom is -0.463 e. The SMILES string of the molecule is CC(C)[C@H]1COC(=O)N1C(=O)[C@@H](C)[C@H](O)c1ccc(CCCCCCO)o1. The minimum absolute atomic E-state index is 0.0748. The van der Waals surface area contributed by atoms with Gasteiger partial charge in [0.05, 0.1) is 12.0 Å². The number of hydrogen-bond donors (Lipinski definition) is 2.